The molecule has 0 aliphatic carbocycles. The molecule has 0 N–H and O–H groups in total. The van der Waals surface area contributed by atoms with Crippen molar-refractivity contribution in [2.45, 2.75) is 44.7 Å². The van der Waals surface area contributed by atoms with Gasteiger partial charge in [-0.2, -0.15) is 0 Å². The smallest absolute Gasteiger partial charge is 0.413 e. The minimum absolute atomic E-state index is 0.562. The Morgan fingerprint density at radius 2 is 1.57 bits per heavy atom. The lowest BCUT2D eigenvalue weighted by Gasteiger charge is -2.31. The Morgan fingerprint density at radius 1 is 0.933 bits per heavy atom. The zero-order valence-corrected chi connectivity index (χ0v) is 17.8. The summed E-state index contributed by atoms with van der Waals surface area (Å²) < 4.78 is 22.0. The third kappa shape index (κ3) is 4.57. The van der Waals surface area contributed by atoms with Gasteiger partial charge in [0.1, 0.15) is 17.4 Å². The monoisotopic (exact) mass is 413 g/mol. The molecule has 1 heterocycles. The number of esters is 1. The van der Waals surface area contributed by atoms with E-state index in [9.17, 15) is 9.59 Å². The lowest BCUT2D eigenvalue weighted by atomic mass is 10.0. The number of hydrogen-bond acceptors (Lipinski definition) is 6. The predicted octanol–water partition coefficient (Wildman–Crippen LogP) is 4.24. The molecule has 7 nitrogen and oxygen atoms in total. The first-order valence-electron chi connectivity index (χ1n) is 9.68. The van der Waals surface area contributed by atoms with Gasteiger partial charge < -0.3 is 18.9 Å². The van der Waals surface area contributed by atoms with Gasteiger partial charge in [0.05, 0.1) is 14.2 Å². The van der Waals surface area contributed by atoms with Crippen molar-refractivity contribution in [3.05, 3.63) is 65.7 Å². The molecule has 3 atom stereocenters. The van der Waals surface area contributed by atoms with Crippen LogP contribution < -0.4 is 4.74 Å². The highest BCUT2D eigenvalue weighted by atomic mass is 16.6. The zero-order valence-electron chi connectivity index (χ0n) is 17.8. The van der Waals surface area contributed by atoms with E-state index >= 15 is 0 Å². The summed E-state index contributed by atoms with van der Waals surface area (Å²) in [6, 6.07) is 15.7. The second-order valence-corrected chi connectivity index (χ2v) is 7.95. The van der Waals surface area contributed by atoms with Gasteiger partial charge in [-0.25, -0.2) is 9.59 Å². The second kappa shape index (κ2) is 8.75. The second-order valence-electron chi connectivity index (χ2n) is 7.95. The number of carbonyl (C=O) groups excluding carboxylic acids is 2. The fourth-order valence-corrected chi connectivity index (χ4v) is 3.39. The van der Waals surface area contributed by atoms with Crippen LogP contribution in [0.15, 0.2) is 54.6 Å². The average molecular weight is 413 g/mol. The lowest BCUT2D eigenvalue weighted by Crippen LogP contribution is -2.40. The third-order valence-electron chi connectivity index (χ3n) is 4.69. The van der Waals surface area contributed by atoms with Crippen LogP contribution >= 0.6 is 0 Å². The molecule has 2 aromatic carbocycles. The Hall–Kier alpha value is -3.06. The van der Waals surface area contributed by atoms with Crippen LogP contribution in [-0.4, -0.2) is 42.9 Å². The number of methoxy groups -OCH3 is 2. The Labute approximate surface area is 176 Å². The van der Waals surface area contributed by atoms with E-state index in [1.54, 1.807) is 52.1 Å². The first-order valence-corrected chi connectivity index (χ1v) is 9.68. The molecule has 0 bridgehead atoms. The zero-order chi connectivity index (χ0) is 21.9. The fraction of sp³-hybridized carbons (Fsp3) is 0.391. The molecular weight excluding hydrogens is 386 g/mol. The standard InChI is InChI=1S/C23H27NO6/c1-23(2,3)30-22(26)24-18(15-9-7-6-8-10-15)19(21(25)28-5)29-20(24)16-11-13-17(27-4)14-12-16/h6-14,18-20H,1-5H3/t18-,19-,20-/m0/s1. The minimum atomic E-state index is -1.00. The normalized spacial score (nSPS) is 21.2. The van der Waals surface area contributed by atoms with E-state index in [1.165, 1.54) is 12.0 Å². The molecule has 1 fully saturated rings. The summed E-state index contributed by atoms with van der Waals surface area (Å²) in [6.07, 6.45) is -2.42. The van der Waals surface area contributed by atoms with Gasteiger partial charge in [-0.15, -0.1) is 0 Å². The van der Waals surface area contributed by atoms with Crippen molar-refractivity contribution in [3.63, 3.8) is 0 Å². The van der Waals surface area contributed by atoms with E-state index in [-0.39, 0.29) is 0 Å². The van der Waals surface area contributed by atoms with E-state index in [1.807, 2.05) is 30.3 Å². The number of nitrogens with zero attached hydrogens (tertiary/aromatic N) is 1. The molecule has 0 spiro atoms. The quantitative estimate of drug-likeness (QED) is 0.698. The molecule has 7 heteroatoms. The number of carbonyl (C=O) groups is 2. The molecule has 30 heavy (non-hydrogen) atoms. The third-order valence-corrected chi connectivity index (χ3v) is 4.69. The van der Waals surface area contributed by atoms with Crippen LogP contribution in [-0.2, 0) is 19.0 Å². The molecule has 3 rings (SSSR count). The molecular formula is C23H27NO6. The Bertz CT molecular complexity index is 875. The van der Waals surface area contributed by atoms with Crippen LogP contribution in [0, 0.1) is 0 Å². The Balaban J connectivity index is 2.09. The van der Waals surface area contributed by atoms with Gasteiger partial charge in [0.15, 0.2) is 12.3 Å². The summed E-state index contributed by atoms with van der Waals surface area (Å²) >= 11 is 0. The highest BCUT2D eigenvalue weighted by molar-refractivity contribution is 5.79. The summed E-state index contributed by atoms with van der Waals surface area (Å²) in [5, 5.41) is 0. The number of hydrogen-bond donors (Lipinski definition) is 0. The highest BCUT2D eigenvalue weighted by Crippen LogP contribution is 2.44. The molecule has 2 aromatic rings. The highest BCUT2D eigenvalue weighted by Gasteiger charge is 2.51. The summed E-state index contributed by atoms with van der Waals surface area (Å²) in [5.41, 5.74) is 0.718. The first kappa shape index (κ1) is 21.6. The van der Waals surface area contributed by atoms with Crippen molar-refractivity contribution in [1.82, 2.24) is 4.90 Å². The predicted molar refractivity (Wildman–Crippen MR) is 110 cm³/mol. The SMILES string of the molecule is COC(=O)[C@H]1O[C@@H](c2ccc(OC)cc2)N(C(=O)OC(C)(C)C)[C@H]1c1ccccc1. The van der Waals surface area contributed by atoms with E-state index in [0.717, 1.165) is 5.56 Å². The van der Waals surface area contributed by atoms with Gasteiger partial charge in [0.2, 0.25) is 0 Å². The number of benzene rings is 2. The molecule has 160 valence electrons. The Morgan fingerprint density at radius 3 is 2.10 bits per heavy atom. The minimum Gasteiger partial charge on any atom is -0.497 e. The van der Waals surface area contributed by atoms with Crippen molar-refractivity contribution in [1.29, 1.82) is 0 Å². The molecule has 0 radical (unpaired) electrons. The van der Waals surface area contributed by atoms with Crippen molar-refractivity contribution in [2.75, 3.05) is 14.2 Å². The molecule has 1 aliphatic rings. The topological polar surface area (TPSA) is 74.3 Å². The number of rotatable bonds is 4. The molecule has 0 unspecified atom stereocenters. The van der Waals surface area contributed by atoms with Crippen LogP contribution in [0.3, 0.4) is 0 Å². The van der Waals surface area contributed by atoms with Crippen LogP contribution in [0.4, 0.5) is 4.79 Å². The summed E-state index contributed by atoms with van der Waals surface area (Å²) in [5.74, 6) is 0.109. The molecule has 1 aliphatic heterocycles. The fourth-order valence-electron chi connectivity index (χ4n) is 3.39. The van der Waals surface area contributed by atoms with Crippen LogP contribution in [0.25, 0.3) is 0 Å². The van der Waals surface area contributed by atoms with Gasteiger partial charge in [-0.1, -0.05) is 42.5 Å². The molecule has 0 saturated carbocycles. The van der Waals surface area contributed by atoms with Gasteiger partial charge >= 0.3 is 12.1 Å². The van der Waals surface area contributed by atoms with E-state index in [4.69, 9.17) is 18.9 Å². The van der Waals surface area contributed by atoms with Crippen molar-refractivity contribution < 1.29 is 28.5 Å². The summed E-state index contributed by atoms with van der Waals surface area (Å²) in [7, 11) is 2.87. The van der Waals surface area contributed by atoms with Crippen molar-refractivity contribution >= 4 is 12.1 Å². The average Bonchev–Trinajstić information content (AvgIpc) is 3.13. The van der Waals surface area contributed by atoms with Crippen molar-refractivity contribution in [3.8, 4) is 5.75 Å². The maximum atomic E-state index is 13.3. The van der Waals surface area contributed by atoms with E-state index < -0.39 is 36.0 Å². The van der Waals surface area contributed by atoms with Crippen LogP contribution in [0.1, 0.15) is 44.2 Å². The molecule has 0 aromatic heterocycles. The Kier molecular flexibility index (Phi) is 6.31. The maximum absolute atomic E-state index is 13.3. The molecule has 1 saturated heterocycles. The summed E-state index contributed by atoms with van der Waals surface area (Å²) in [4.78, 5) is 27.3. The lowest BCUT2D eigenvalue weighted by molar-refractivity contribution is -0.154. The van der Waals surface area contributed by atoms with Gasteiger partial charge in [-0.3, -0.25) is 4.90 Å². The largest absolute Gasteiger partial charge is 0.497 e. The van der Waals surface area contributed by atoms with Crippen LogP contribution in [0.2, 0.25) is 0 Å². The number of ether oxygens (including phenoxy) is 4. The van der Waals surface area contributed by atoms with Crippen LogP contribution in [0.5, 0.6) is 5.75 Å². The van der Waals surface area contributed by atoms with Crippen molar-refractivity contribution in [2.24, 2.45) is 0 Å². The summed E-state index contributed by atoms with van der Waals surface area (Å²) in [6.45, 7) is 5.37. The van der Waals surface area contributed by atoms with Gasteiger partial charge in [0.25, 0.3) is 0 Å². The first-order chi connectivity index (χ1) is 14.2. The van der Waals surface area contributed by atoms with Gasteiger partial charge in [0, 0.05) is 5.56 Å². The van der Waals surface area contributed by atoms with Gasteiger partial charge in [-0.05, 0) is 38.5 Å². The number of amides is 1. The molecule has 1 amide bonds. The maximum Gasteiger partial charge on any atom is 0.413 e. The van der Waals surface area contributed by atoms with E-state index in [2.05, 4.69) is 0 Å². The van der Waals surface area contributed by atoms with E-state index in [0.29, 0.717) is 11.3 Å².